The monoisotopic (exact) mass is 392 g/mol. The molecule has 8 heteroatoms. The van der Waals surface area contributed by atoms with E-state index < -0.39 is 0 Å². The van der Waals surface area contributed by atoms with Gasteiger partial charge in [0.1, 0.15) is 5.82 Å². The van der Waals surface area contributed by atoms with Crippen molar-refractivity contribution in [1.29, 1.82) is 0 Å². The molecule has 1 fully saturated rings. The standard InChI is InChI=1S/C21H24N6O2/c1-14-15(2)26-29-21(14)23-20(28)18-8-9-19(25-24-18)22-17-10-11-27(13-17)12-16-6-4-3-5-7-16/h3-9,17H,10-13H2,1-2H3,(H,22,25)(H,23,28). The SMILES string of the molecule is Cc1noc(NC(=O)c2ccc(NC3CCN(Cc4ccccc4)C3)nn2)c1C. The summed E-state index contributed by atoms with van der Waals surface area (Å²) in [6, 6.07) is 14.2. The number of carbonyl (C=O) groups is 1. The van der Waals surface area contributed by atoms with Crippen LogP contribution in [0.5, 0.6) is 0 Å². The van der Waals surface area contributed by atoms with Crippen molar-refractivity contribution in [2.24, 2.45) is 0 Å². The zero-order valence-corrected chi connectivity index (χ0v) is 16.6. The van der Waals surface area contributed by atoms with E-state index in [4.69, 9.17) is 4.52 Å². The van der Waals surface area contributed by atoms with Crippen LogP contribution in [-0.4, -0.2) is 45.3 Å². The molecule has 0 bridgehead atoms. The molecule has 0 saturated carbocycles. The lowest BCUT2D eigenvalue weighted by Gasteiger charge is -2.17. The molecular weight excluding hydrogens is 368 g/mol. The predicted octanol–water partition coefficient (Wildman–Crippen LogP) is 3.02. The fourth-order valence-electron chi connectivity index (χ4n) is 3.37. The Balaban J connectivity index is 1.30. The second-order valence-corrected chi connectivity index (χ2v) is 7.33. The number of amides is 1. The Morgan fingerprint density at radius 3 is 2.69 bits per heavy atom. The van der Waals surface area contributed by atoms with Crippen molar-refractivity contribution in [2.75, 3.05) is 23.7 Å². The third kappa shape index (κ3) is 4.60. The molecule has 8 nitrogen and oxygen atoms in total. The summed E-state index contributed by atoms with van der Waals surface area (Å²) in [5.41, 5.74) is 3.08. The largest absolute Gasteiger partial charge is 0.365 e. The number of hydrogen-bond acceptors (Lipinski definition) is 7. The van der Waals surface area contributed by atoms with Gasteiger partial charge in [0.2, 0.25) is 5.88 Å². The minimum absolute atomic E-state index is 0.223. The molecule has 2 N–H and O–H groups in total. The van der Waals surface area contributed by atoms with Crippen molar-refractivity contribution in [3.63, 3.8) is 0 Å². The minimum Gasteiger partial charge on any atom is -0.365 e. The molecule has 1 unspecified atom stereocenters. The van der Waals surface area contributed by atoms with E-state index in [2.05, 4.69) is 55.2 Å². The first-order valence-corrected chi connectivity index (χ1v) is 9.69. The van der Waals surface area contributed by atoms with Crippen LogP contribution in [0.15, 0.2) is 47.0 Å². The number of anilines is 2. The summed E-state index contributed by atoms with van der Waals surface area (Å²) in [5, 5.41) is 18.1. The second-order valence-electron chi connectivity index (χ2n) is 7.33. The van der Waals surface area contributed by atoms with E-state index in [1.807, 2.05) is 19.9 Å². The molecule has 0 spiro atoms. The van der Waals surface area contributed by atoms with E-state index in [1.165, 1.54) is 5.56 Å². The summed E-state index contributed by atoms with van der Waals surface area (Å²) >= 11 is 0. The third-order valence-corrected chi connectivity index (χ3v) is 5.15. The Bertz CT molecular complexity index is 971. The highest BCUT2D eigenvalue weighted by molar-refractivity contribution is 6.02. The molecule has 1 aliphatic heterocycles. The van der Waals surface area contributed by atoms with Gasteiger partial charge >= 0.3 is 0 Å². The molecule has 1 amide bonds. The van der Waals surface area contributed by atoms with Crippen molar-refractivity contribution in [1.82, 2.24) is 20.3 Å². The maximum absolute atomic E-state index is 12.3. The maximum Gasteiger partial charge on any atom is 0.278 e. The first-order valence-electron chi connectivity index (χ1n) is 9.69. The highest BCUT2D eigenvalue weighted by Crippen LogP contribution is 2.19. The van der Waals surface area contributed by atoms with E-state index in [0.29, 0.717) is 17.7 Å². The summed E-state index contributed by atoms with van der Waals surface area (Å²) in [6.45, 7) is 6.59. The van der Waals surface area contributed by atoms with Crippen LogP contribution in [0, 0.1) is 13.8 Å². The Morgan fingerprint density at radius 2 is 2.00 bits per heavy atom. The quantitative estimate of drug-likeness (QED) is 0.666. The van der Waals surface area contributed by atoms with Crippen molar-refractivity contribution in [3.05, 3.63) is 65.0 Å². The molecule has 150 valence electrons. The molecule has 1 atom stereocenters. The molecule has 4 rings (SSSR count). The highest BCUT2D eigenvalue weighted by Gasteiger charge is 2.23. The number of carbonyl (C=O) groups excluding carboxylic acids is 1. The lowest BCUT2D eigenvalue weighted by molar-refractivity contribution is 0.101. The van der Waals surface area contributed by atoms with Crippen LogP contribution in [0.1, 0.15) is 33.7 Å². The van der Waals surface area contributed by atoms with E-state index in [-0.39, 0.29) is 11.6 Å². The minimum atomic E-state index is -0.377. The fraction of sp³-hybridized carbons (Fsp3) is 0.333. The van der Waals surface area contributed by atoms with Crippen LogP contribution in [0.3, 0.4) is 0 Å². The van der Waals surface area contributed by atoms with Gasteiger partial charge < -0.3 is 9.84 Å². The van der Waals surface area contributed by atoms with Crippen molar-refractivity contribution >= 4 is 17.6 Å². The zero-order valence-electron chi connectivity index (χ0n) is 16.6. The van der Waals surface area contributed by atoms with Gasteiger partial charge in [0.05, 0.1) is 5.69 Å². The van der Waals surface area contributed by atoms with Crippen LogP contribution in [-0.2, 0) is 6.54 Å². The number of aryl methyl sites for hydroxylation is 1. The third-order valence-electron chi connectivity index (χ3n) is 5.15. The number of nitrogens with one attached hydrogen (secondary N) is 2. The van der Waals surface area contributed by atoms with Crippen molar-refractivity contribution in [3.8, 4) is 0 Å². The van der Waals surface area contributed by atoms with Gasteiger partial charge in [-0.3, -0.25) is 15.0 Å². The van der Waals surface area contributed by atoms with Gasteiger partial charge in [-0.05, 0) is 38.0 Å². The van der Waals surface area contributed by atoms with Gasteiger partial charge in [-0.2, -0.15) is 0 Å². The molecular formula is C21H24N6O2. The Morgan fingerprint density at radius 1 is 1.17 bits per heavy atom. The van der Waals surface area contributed by atoms with E-state index in [1.54, 1.807) is 12.1 Å². The van der Waals surface area contributed by atoms with Gasteiger partial charge in [-0.15, -0.1) is 10.2 Å². The summed E-state index contributed by atoms with van der Waals surface area (Å²) in [4.78, 5) is 14.7. The molecule has 0 aliphatic carbocycles. The molecule has 2 aromatic heterocycles. The van der Waals surface area contributed by atoms with E-state index in [0.717, 1.165) is 37.3 Å². The molecule has 3 aromatic rings. The number of aromatic nitrogens is 3. The van der Waals surface area contributed by atoms with E-state index >= 15 is 0 Å². The normalized spacial score (nSPS) is 16.7. The number of hydrogen-bond donors (Lipinski definition) is 2. The summed E-state index contributed by atoms with van der Waals surface area (Å²) < 4.78 is 5.11. The summed E-state index contributed by atoms with van der Waals surface area (Å²) in [6.07, 6.45) is 1.04. The molecule has 1 aromatic carbocycles. The maximum atomic E-state index is 12.3. The predicted molar refractivity (Wildman–Crippen MR) is 110 cm³/mol. The van der Waals surface area contributed by atoms with Crippen LogP contribution >= 0.6 is 0 Å². The van der Waals surface area contributed by atoms with Gasteiger partial charge in [-0.25, -0.2) is 0 Å². The molecule has 1 aliphatic rings. The van der Waals surface area contributed by atoms with Gasteiger partial charge in [0.25, 0.3) is 5.91 Å². The lowest BCUT2D eigenvalue weighted by Crippen LogP contribution is -2.26. The van der Waals surface area contributed by atoms with Gasteiger partial charge in [0, 0.05) is 31.2 Å². The first-order chi connectivity index (χ1) is 14.1. The Hall–Kier alpha value is -3.26. The molecule has 3 heterocycles. The average molecular weight is 392 g/mol. The van der Waals surface area contributed by atoms with Crippen LogP contribution in [0.4, 0.5) is 11.7 Å². The number of rotatable bonds is 6. The fourth-order valence-corrected chi connectivity index (χ4v) is 3.37. The van der Waals surface area contributed by atoms with Crippen molar-refractivity contribution in [2.45, 2.75) is 32.9 Å². The molecule has 1 saturated heterocycles. The highest BCUT2D eigenvalue weighted by atomic mass is 16.5. The van der Waals surface area contributed by atoms with Gasteiger partial charge in [-0.1, -0.05) is 35.5 Å². The first kappa shape index (κ1) is 19.1. The Labute approximate surface area is 169 Å². The lowest BCUT2D eigenvalue weighted by atomic mass is 10.2. The summed E-state index contributed by atoms with van der Waals surface area (Å²) in [5.74, 6) is 0.624. The Kier molecular flexibility index (Phi) is 5.53. The average Bonchev–Trinajstić information content (AvgIpc) is 3.30. The molecule has 29 heavy (non-hydrogen) atoms. The summed E-state index contributed by atoms with van der Waals surface area (Å²) in [7, 11) is 0. The number of benzene rings is 1. The van der Waals surface area contributed by atoms with Crippen LogP contribution < -0.4 is 10.6 Å². The van der Waals surface area contributed by atoms with Crippen LogP contribution in [0.2, 0.25) is 0 Å². The van der Waals surface area contributed by atoms with Crippen LogP contribution in [0.25, 0.3) is 0 Å². The zero-order chi connectivity index (χ0) is 20.2. The molecule has 0 radical (unpaired) electrons. The van der Waals surface area contributed by atoms with E-state index in [9.17, 15) is 4.79 Å². The second kappa shape index (κ2) is 8.40. The van der Waals surface area contributed by atoms with Gasteiger partial charge in [0.15, 0.2) is 5.69 Å². The van der Waals surface area contributed by atoms with Crippen molar-refractivity contribution < 1.29 is 9.32 Å². The smallest absolute Gasteiger partial charge is 0.278 e. The number of nitrogens with zero attached hydrogens (tertiary/aromatic N) is 4. The topological polar surface area (TPSA) is 96.2 Å². The number of likely N-dealkylation sites (tertiary alicyclic amines) is 1.